The summed E-state index contributed by atoms with van der Waals surface area (Å²) in [6.07, 6.45) is 2.38. The molecular weight excluding hydrogens is 284 g/mol. The number of nitro groups is 1. The Morgan fingerprint density at radius 1 is 1.59 bits per heavy atom. The van der Waals surface area contributed by atoms with E-state index in [9.17, 15) is 10.1 Å². The lowest BCUT2D eigenvalue weighted by Crippen LogP contribution is -2.05. The predicted molar refractivity (Wildman–Crippen MR) is 71.3 cm³/mol. The first-order valence-corrected chi connectivity index (χ1v) is 6.53. The van der Waals surface area contributed by atoms with Gasteiger partial charge in [0.25, 0.3) is 5.69 Å². The zero-order chi connectivity index (χ0) is 12.6. The summed E-state index contributed by atoms with van der Waals surface area (Å²) in [5.74, 6) is 0.748. The molecule has 0 aliphatic heterocycles. The van der Waals surface area contributed by atoms with Gasteiger partial charge in [-0.1, -0.05) is 13.3 Å². The van der Waals surface area contributed by atoms with Gasteiger partial charge >= 0.3 is 0 Å². The van der Waals surface area contributed by atoms with Crippen molar-refractivity contribution in [3.8, 4) is 0 Å². The highest BCUT2D eigenvalue weighted by Crippen LogP contribution is 2.39. The Morgan fingerprint density at radius 3 is 2.82 bits per heavy atom. The summed E-state index contributed by atoms with van der Waals surface area (Å²) in [6.45, 7) is 3.95. The molecule has 4 nitrogen and oxygen atoms in total. The van der Waals surface area contributed by atoms with Crippen molar-refractivity contribution in [2.45, 2.75) is 32.7 Å². The minimum Gasteiger partial charge on any atom is -0.381 e. The van der Waals surface area contributed by atoms with Crippen LogP contribution in [0.1, 0.15) is 25.3 Å². The fourth-order valence-corrected chi connectivity index (χ4v) is 2.50. The van der Waals surface area contributed by atoms with Crippen LogP contribution in [0.2, 0.25) is 0 Å². The molecule has 1 aliphatic rings. The molecule has 17 heavy (non-hydrogen) atoms. The van der Waals surface area contributed by atoms with Crippen LogP contribution in [0.4, 0.5) is 11.4 Å². The van der Waals surface area contributed by atoms with Crippen LogP contribution in [-0.4, -0.2) is 11.0 Å². The molecule has 0 heterocycles. The average Bonchev–Trinajstić information content (AvgIpc) is 3.01. The quantitative estimate of drug-likeness (QED) is 0.678. The lowest BCUT2D eigenvalue weighted by atomic mass is 10.2. The molecule has 92 valence electrons. The van der Waals surface area contributed by atoms with Crippen LogP contribution in [0, 0.1) is 23.0 Å². The Bertz CT molecular complexity index is 462. The topological polar surface area (TPSA) is 55.2 Å². The van der Waals surface area contributed by atoms with E-state index in [2.05, 4.69) is 28.2 Å². The molecule has 0 saturated heterocycles. The highest BCUT2D eigenvalue weighted by Gasteiger charge is 2.35. The minimum atomic E-state index is -0.351. The third kappa shape index (κ3) is 2.60. The Labute approximate surface area is 109 Å². The van der Waals surface area contributed by atoms with Gasteiger partial charge in [0.1, 0.15) is 0 Å². The molecule has 0 radical (unpaired) electrons. The van der Waals surface area contributed by atoms with E-state index in [-0.39, 0.29) is 10.6 Å². The second-order valence-corrected chi connectivity index (χ2v) is 5.38. The number of rotatable bonds is 4. The van der Waals surface area contributed by atoms with Gasteiger partial charge in [0.05, 0.1) is 4.92 Å². The summed E-state index contributed by atoms with van der Waals surface area (Å²) in [4.78, 5) is 10.4. The fourth-order valence-electron chi connectivity index (χ4n) is 2.05. The summed E-state index contributed by atoms with van der Waals surface area (Å²) < 4.78 is 0.761. The van der Waals surface area contributed by atoms with Crippen molar-refractivity contribution in [3.05, 3.63) is 32.3 Å². The smallest absolute Gasteiger partial charge is 0.273 e. The molecule has 1 saturated carbocycles. The van der Waals surface area contributed by atoms with Crippen LogP contribution in [0.25, 0.3) is 0 Å². The third-order valence-electron chi connectivity index (χ3n) is 3.27. The van der Waals surface area contributed by atoms with E-state index in [1.807, 2.05) is 6.07 Å². The molecule has 5 heteroatoms. The standard InChI is InChI=1S/C12H15BrN2O2/c1-3-8-5-10(8)14-11-4-7(2)12(15(16)17)6-9(11)13/h4,6,8,10,14H,3,5H2,1-2H3. The van der Waals surface area contributed by atoms with Gasteiger partial charge in [-0.05, 0) is 41.3 Å². The first-order valence-electron chi connectivity index (χ1n) is 5.74. The van der Waals surface area contributed by atoms with E-state index >= 15 is 0 Å². The van der Waals surface area contributed by atoms with Crippen molar-refractivity contribution in [2.75, 3.05) is 5.32 Å². The molecule has 2 rings (SSSR count). The first-order chi connectivity index (χ1) is 8.02. The molecule has 0 aromatic heterocycles. The normalized spacial score (nSPS) is 22.3. The summed E-state index contributed by atoms with van der Waals surface area (Å²) in [7, 11) is 0. The first kappa shape index (κ1) is 12.4. The SMILES string of the molecule is CCC1CC1Nc1cc(C)c([N+](=O)[O-])cc1Br. The van der Waals surface area contributed by atoms with Gasteiger partial charge in [0.15, 0.2) is 0 Å². The summed E-state index contributed by atoms with van der Waals surface area (Å²) in [6, 6.07) is 3.94. The number of benzene rings is 1. The van der Waals surface area contributed by atoms with Gasteiger partial charge in [-0.15, -0.1) is 0 Å². The van der Waals surface area contributed by atoms with Crippen LogP contribution in [0.15, 0.2) is 16.6 Å². The van der Waals surface area contributed by atoms with Gasteiger partial charge in [0.2, 0.25) is 0 Å². The van der Waals surface area contributed by atoms with Gasteiger partial charge in [0, 0.05) is 27.8 Å². The van der Waals surface area contributed by atoms with Crippen molar-refractivity contribution in [1.29, 1.82) is 0 Å². The van der Waals surface area contributed by atoms with E-state index in [0.29, 0.717) is 11.6 Å². The monoisotopic (exact) mass is 298 g/mol. The van der Waals surface area contributed by atoms with Crippen LogP contribution in [0.5, 0.6) is 0 Å². The Hall–Kier alpha value is -1.10. The Kier molecular flexibility index (Phi) is 3.38. The minimum absolute atomic E-state index is 0.158. The number of hydrogen-bond acceptors (Lipinski definition) is 3. The second kappa shape index (κ2) is 4.64. The zero-order valence-electron chi connectivity index (χ0n) is 9.87. The van der Waals surface area contributed by atoms with Crippen molar-refractivity contribution in [3.63, 3.8) is 0 Å². The maximum Gasteiger partial charge on any atom is 0.273 e. The highest BCUT2D eigenvalue weighted by molar-refractivity contribution is 9.10. The lowest BCUT2D eigenvalue weighted by molar-refractivity contribution is -0.385. The van der Waals surface area contributed by atoms with Crippen LogP contribution >= 0.6 is 15.9 Å². The van der Waals surface area contributed by atoms with Crippen LogP contribution in [-0.2, 0) is 0 Å². The van der Waals surface area contributed by atoms with Crippen molar-refractivity contribution in [2.24, 2.45) is 5.92 Å². The number of nitrogens with zero attached hydrogens (tertiary/aromatic N) is 1. The zero-order valence-corrected chi connectivity index (χ0v) is 11.5. The highest BCUT2D eigenvalue weighted by atomic mass is 79.9. The molecule has 1 aromatic rings. The molecule has 1 aliphatic carbocycles. The Morgan fingerprint density at radius 2 is 2.29 bits per heavy atom. The largest absolute Gasteiger partial charge is 0.381 e. The molecule has 1 N–H and O–H groups in total. The number of nitrogens with one attached hydrogen (secondary N) is 1. The number of hydrogen-bond donors (Lipinski definition) is 1. The maximum absolute atomic E-state index is 10.8. The van der Waals surface area contributed by atoms with E-state index in [1.54, 1.807) is 13.0 Å². The third-order valence-corrected chi connectivity index (χ3v) is 3.93. The van der Waals surface area contributed by atoms with E-state index in [4.69, 9.17) is 0 Å². The lowest BCUT2D eigenvalue weighted by Gasteiger charge is -2.09. The molecule has 0 spiro atoms. The number of nitro benzene ring substituents is 1. The number of aryl methyl sites for hydroxylation is 1. The molecule has 2 atom stereocenters. The molecular formula is C12H15BrN2O2. The molecule has 0 amide bonds. The number of anilines is 1. The molecule has 1 fully saturated rings. The number of halogens is 1. The van der Waals surface area contributed by atoms with Gasteiger partial charge < -0.3 is 5.32 Å². The van der Waals surface area contributed by atoms with Crippen molar-refractivity contribution >= 4 is 27.3 Å². The van der Waals surface area contributed by atoms with E-state index in [1.165, 1.54) is 12.8 Å². The van der Waals surface area contributed by atoms with E-state index in [0.717, 1.165) is 16.1 Å². The summed E-state index contributed by atoms with van der Waals surface area (Å²) in [5, 5.41) is 14.2. The Balaban J connectivity index is 2.19. The van der Waals surface area contributed by atoms with E-state index < -0.39 is 0 Å². The van der Waals surface area contributed by atoms with Crippen LogP contribution < -0.4 is 5.32 Å². The molecule has 1 aromatic carbocycles. The van der Waals surface area contributed by atoms with Crippen molar-refractivity contribution < 1.29 is 4.92 Å². The second-order valence-electron chi connectivity index (χ2n) is 4.53. The fraction of sp³-hybridized carbons (Fsp3) is 0.500. The van der Waals surface area contributed by atoms with Crippen molar-refractivity contribution in [1.82, 2.24) is 0 Å². The van der Waals surface area contributed by atoms with Gasteiger partial charge in [-0.2, -0.15) is 0 Å². The van der Waals surface area contributed by atoms with Gasteiger partial charge in [-0.3, -0.25) is 10.1 Å². The summed E-state index contributed by atoms with van der Waals surface area (Å²) in [5.41, 5.74) is 1.80. The predicted octanol–water partition coefficient (Wildman–Crippen LogP) is 3.88. The van der Waals surface area contributed by atoms with Crippen LogP contribution in [0.3, 0.4) is 0 Å². The molecule has 2 unspecified atom stereocenters. The maximum atomic E-state index is 10.8. The van der Waals surface area contributed by atoms with Gasteiger partial charge in [-0.25, -0.2) is 0 Å². The molecule has 0 bridgehead atoms. The average molecular weight is 299 g/mol. The summed E-state index contributed by atoms with van der Waals surface area (Å²) >= 11 is 3.38.